The van der Waals surface area contributed by atoms with Crippen LogP contribution in [0.1, 0.15) is 5.56 Å². The third-order valence-electron chi connectivity index (χ3n) is 2.99. The van der Waals surface area contributed by atoms with Gasteiger partial charge in [-0.3, -0.25) is 5.10 Å². The van der Waals surface area contributed by atoms with Crippen LogP contribution in [0.2, 0.25) is 5.02 Å². The van der Waals surface area contributed by atoms with Crippen LogP contribution < -0.4 is 5.32 Å². The lowest BCUT2D eigenvalue weighted by molar-refractivity contribution is 0.469. The van der Waals surface area contributed by atoms with Crippen molar-refractivity contribution in [3.63, 3.8) is 0 Å². The van der Waals surface area contributed by atoms with E-state index in [4.69, 9.17) is 11.6 Å². The number of hydrogen-bond donors (Lipinski definition) is 3. The summed E-state index contributed by atoms with van der Waals surface area (Å²) in [6.45, 7) is 0.510. The second-order valence-corrected chi connectivity index (χ2v) is 4.68. The second-order valence-electron chi connectivity index (χ2n) is 4.27. The number of nitrogens with one attached hydrogen (secondary N) is 2. The van der Waals surface area contributed by atoms with Gasteiger partial charge in [0.2, 0.25) is 0 Å². The Bertz CT molecular complexity index is 724. The molecule has 3 N–H and O–H groups in total. The second kappa shape index (κ2) is 4.82. The van der Waals surface area contributed by atoms with Gasteiger partial charge in [-0.2, -0.15) is 5.10 Å². The fourth-order valence-corrected chi connectivity index (χ4v) is 2.15. The molecule has 2 aromatic carbocycles. The van der Waals surface area contributed by atoms with Crippen LogP contribution in [0.25, 0.3) is 10.9 Å². The zero-order valence-corrected chi connectivity index (χ0v) is 10.8. The van der Waals surface area contributed by atoms with Crippen LogP contribution in [-0.4, -0.2) is 15.3 Å². The van der Waals surface area contributed by atoms with Crippen LogP contribution >= 0.6 is 11.6 Å². The third-order valence-corrected chi connectivity index (χ3v) is 3.30. The van der Waals surface area contributed by atoms with E-state index >= 15 is 0 Å². The number of aromatic amines is 1. The summed E-state index contributed by atoms with van der Waals surface area (Å²) < 4.78 is 0. The number of fused-ring (bicyclic) bond motifs is 1. The molecule has 0 aliphatic heterocycles. The summed E-state index contributed by atoms with van der Waals surface area (Å²) in [5, 5.41) is 21.4. The summed E-state index contributed by atoms with van der Waals surface area (Å²) in [7, 11) is 0. The highest BCUT2D eigenvalue weighted by Crippen LogP contribution is 2.27. The van der Waals surface area contributed by atoms with E-state index in [1.165, 1.54) is 0 Å². The van der Waals surface area contributed by atoms with Crippen molar-refractivity contribution in [2.45, 2.75) is 6.54 Å². The molecule has 0 atom stereocenters. The standard InChI is InChI=1S/C14H12ClN3O/c15-12-3-1-2-9(14(12)19)7-16-11-4-5-13-10(6-11)8-17-18-13/h1-6,8,16,19H,7H2,(H,17,18). The van der Waals surface area contributed by atoms with Crippen LogP contribution in [-0.2, 0) is 6.54 Å². The van der Waals surface area contributed by atoms with E-state index in [-0.39, 0.29) is 5.75 Å². The van der Waals surface area contributed by atoms with Gasteiger partial charge in [0.15, 0.2) is 0 Å². The molecule has 0 spiro atoms. The predicted octanol–water partition coefficient (Wildman–Crippen LogP) is 3.53. The Balaban J connectivity index is 1.80. The normalized spacial score (nSPS) is 10.8. The number of anilines is 1. The first-order valence-electron chi connectivity index (χ1n) is 5.87. The minimum atomic E-state index is 0.126. The molecule has 1 heterocycles. The molecular weight excluding hydrogens is 262 g/mol. The molecule has 0 saturated carbocycles. The first-order chi connectivity index (χ1) is 9.24. The molecule has 0 aliphatic carbocycles. The Hall–Kier alpha value is -2.20. The van der Waals surface area contributed by atoms with Crippen molar-refractivity contribution in [3.8, 4) is 5.75 Å². The maximum Gasteiger partial charge on any atom is 0.139 e. The fourth-order valence-electron chi connectivity index (χ4n) is 1.95. The molecular formula is C14H12ClN3O. The van der Waals surface area contributed by atoms with Crippen LogP contribution in [0.4, 0.5) is 5.69 Å². The molecule has 96 valence electrons. The van der Waals surface area contributed by atoms with Crippen LogP contribution in [0, 0.1) is 0 Å². The van der Waals surface area contributed by atoms with Crippen LogP contribution in [0.3, 0.4) is 0 Å². The number of phenols is 1. The Morgan fingerprint density at radius 1 is 1.26 bits per heavy atom. The number of nitrogens with zero attached hydrogens (tertiary/aromatic N) is 1. The maximum absolute atomic E-state index is 9.83. The number of rotatable bonds is 3. The lowest BCUT2D eigenvalue weighted by atomic mass is 10.2. The highest BCUT2D eigenvalue weighted by Gasteiger charge is 2.05. The number of para-hydroxylation sites is 1. The van der Waals surface area contributed by atoms with Gasteiger partial charge in [0.1, 0.15) is 5.75 Å². The average molecular weight is 274 g/mol. The Morgan fingerprint density at radius 2 is 2.16 bits per heavy atom. The van der Waals surface area contributed by atoms with Crippen molar-refractivity contribution in [1.82, 2.24) is 10.2 Å². The van der Waals surface area contributed by atoms with Gasteiger partial charge in [-0.1, -0.05) is 23.7 Å². The van der Waals surface area contributed by atoms with E-state index < -0.39 is 0 Å². The lowest BCUT2D eigenvalue weighted by Gasteiger charge is -2.09. The predicted molar refractivity (Wildman–Crippen MR) is 76.5 cm³/mol. The molecule has 0 radical (unpaired) electrons. The van der Waals surface area contributed by atoms with E-state index in [2.05, 4.69) is 15.5 Å². The number of phenolic OH excluding ortho intramolecular Hbond substituents is 1. The summed E-state index contributed by atoms with van der Waals surface area (Å²) in [5.41, 5.74) is 2.73. The van der Waals surface area contributed by atoms with Crippen molar-refractivity contribution < 1.29 is 5.11 Å². The molecule has 19 heavy (non-hydrogen) atoms. The maximum atomic E-state index is 9.83. The largest absolute Gasteiger partial charge is 0.506 e. The average Bonchev–Trinajstić information content (AvgIpc) is 2.88. The highest BCUT2D eigenvalue weighted by molar-refractivity contribution is 6.32. The van der Waals surface area contributed by atoms with Gasteiger partial charge in [-0.25, -0.2) is 0 Å². The number of hydrogen-bond acceptors (Lipinski definition) is 3. The van der Waals surface area contributed by atoms with Crippen molar-refractivity contribution in [2.75, 3.05) is 5.32 Å². The molecule has 4 nitrogen and oxygen atoms in total. The smallest absolute Gasteiger partial charge is 0.139 e. The molecule has 0 amide bonds. The van der Waals surface area contributed by atoms with Crippen molar-refractivity contribution >= 4 is 28.2 Å². The number of halogens is 1. The highest BCUT2D eigenvalue weighted by atomic mass is 35.5. The number of aromatic hydroxyl groups is 1. The summed E-state index contributed by atoms with van der Waals surface area (Å²) in [6, 6.07) is 11.2. The zero-order valence-electron chi connectivity index (χ0n) is 10.0. The van der Waals surface area contributed by atoms with Gasteiger partial charge >= 0.3 is 0 Å². The summed E-state index contributed by atoms with van der Waals surface area (Å²) in [6.07, 6.45) is 1.78. The third kappa shape index (κ3) is 2.35. The molecule has 0 bridgehead atoms. The van der Waals surface area contributed by atoms with E-state index in [1.807, 2.05) is 30.3 Å². The van der Waals surface area contributed by atoms with Crippen molar-refractivity contribution in [3.05, 3.63) is 53.2 Å². The Labute approximate surface area is 115 Å². The Morgan fingerprint density at radius 3 is 3.05 bits per heavy atom. The van der Waals surface area contributed by atoms with Crippen molar-refractivity contribution in [2.24, 2.45) is 0 Å². The molecule has 0 saturated heterocycles. The molecule has 5 heteroatoms. The number of aromatic nitrogens is 2. The summed E-state index contributed by atoms with van der Waals surface area (Å²) in [4.78, 5) is 0. The molecule has 3 rings (SSSR count). The summed E-state index contributed by atoms with van der Waals surface area (Å²) in [5.74, 6) is 0.126. The number of benzene rings is 2. The molecule has 3 aromatic rings. The minimum Gasteiger partial charge on any atom is -0.506 e. The van der Waals surface area contributed by atoms with Gasteiger partial charge in [0, 0.05) is 23.2 Å². The summed E-state index contributed by atoms with van der Waals surface area (Å²) >= 11 is 5.87. The first kappa shape index (κ1) is 11.9. The van der Waals surface area contributed by atoms with Gasteiger partial charge in [0.05, 0.1) is 16.7 Å². The van der Waals surface area contributed by atoms with Gasteiger partial charge in [-0.05, 0) is 24.3 Å². The van der Waals surface area contributed by atoms with Crippen LogP contribution in [0.15, 0.2) is 42.6 Å². The van der Waals surface area contributed by atoms with E-state index in [0.29, 0.717) is 11.6 Å². The van der Waals surface area contributed by atoms with Gasteiger partial charge < -0.3 is 10.4 Å². The molecule has 0 unspecified atom stereocenters. The number of H-pyrrole nitrogens is 1. The van der Waals surface area contributed by atoms with Gasteiger partial charge in [-0.15, -0.1) is 0 Å². The zero-order chi connectivity index (χ0) is 13.2. The van der Waals surface area contributed by atoms with Crippen LogP contribution in [0.5, 0.6) is 5.75 Å². The minimum absolute atomic E-state index is 0.126. The Kier molecular flexibility index (Phi) is 3.01. The van der Waals surface area contributed by atoms with Gasteiger partial charge in [0.25, 0.3) is 0 Å². The lowest BCUT2D eigenvalue weighted by Crippen LogP contribution is -1.99. The molecule has 1 aromatic heterocycles. The molecule has 0 aliphatic rings. The fraction of sp³-hybridized carbons (Fsp3) is 0.0714. The topological polar surface area (TPSA) is 60.9 Å². The SMILES string of the molecule is Oc1c(Cl)cccc1CNc1ccc2[nH]ncc2c1. The monoisotopic (exact) mass is 273 g/mol. The first-order valence-corrected chi connectivity index (χ1v) is 6.25. The quantitative estimate of drug-likeness (QED) is 0.684. The van der Waals surface area contributed by atoms with E-state index in [9.17, 15) is 5.11 Å². The van der Waals surface area contributed by atoms with Crippen molar-refractivity contribution in [1.29, 1.82) is 0 Å². The molecule has 0 fully saturated rings. The van der Waals surface area contributed by atoms with E-state index in [0.717, 1.165) is 22.2 Å². The van der Waals surface area contributed by atoms with E-state index in [1.54, 1.807) is 12.3 Å².